The van der Waals surface area contributed by atoms with E-state index < -0.39 is 5.82 Å². The molecule has 0 radical (unpaired) electrons. The van der Waals surface area contributed by atoms with Crippen LogP contribution in [0, 0.1) is 17.1 Å². The van der Waals surface area contributed by atoms with Crippen molar-refractivity contribution in [1.82, 2.24) is 0 Å². The molecule has 2 aromatic rings. The summed E-state index contributed by atoms with van der Waals surface area (Å²) in [6, 6.07) is 11.6. The van der Waals surface area contributed by atoms with Crippen molar-refractivity contribution in [2.24, 2.45) is 5.73 Å². The first-order valence-electron chi connectivity index (χ1n) is 5.93. The van der Waals surface area contributed by atoms with Crippen LogP contribution in [-0.4, -0.2) is 0 Å². The van der Waals surface area contributed by atoms with Crippen LogP contribution in [0.4, 0.5) is 4.39 Å². The van der Waals surface area contributed by atoms with Gasteiger partial charge in [0.1, 0.15) is 18.2 Å². The maximum atomic E-state index is 13.3. The minimum absolute atomic E-state index is 0.182. The smallest absolute Gasteiger partial charge is 0.124 e. The highest BCUT2D eigenvalue weighted by atomic mass is 79.9. The topological polar surface area (TPSA) is 59.0 Å². The first-order chi connectivity index (χ1) is 9.62. The van der Waals surface area contributed by atoms with E-state index in [9.17, 15) is 4.39 Å². The molecule has 2 aromatic carbocycles. The molecule has 0 saturated carbocycles. The summed E-state index contributed by atoms with van der Waals surface area (Å²) in [5.41, 5.74) is 7.39. The van der Waals surface area contributed by atoms with E-state index in [2.05, 4.69) is 15.9 Å². The monoisotopic (exact) mass is 334 g/mol. The van der Waals surface area contributed by atoms with Gasteiger partial charge in [-0.3, -0.25) is 0 Å². The maximum absolute atomic E-state index is 13.3. The van der Waals surface area contributed by atoms with Crippen molar-refractivity contribution in [2.45, 2.75) is 13.2 Å². The molecule has 0 aromatic heterocycles. The Morgan fingerprint density at radius 1 is 1.25 bits per heavy atom. The lowest BCUT2D eigenvalue weighted by Crippen LogP contribution is -2.03. The van der Waals surface area contributed by atoms with Crippen molar-refractivity contribution in [2.75, 3.05) is 0 Å². The van der Waals surface area contributed by atoms with Crippen molar-refractivity contribution >= 4 is 15.9 Å². The fourth-order valence-corrected chi connectivity index (χ4v) is 2.22. The molecule has 0 spiro atoms. The fraction of sp³-hybridized carbons (Fsp3) is 0.133. The van der Waals surface area contributed by atoms with Gasteiger partial charge in [-0.05, 0) is 42.0 Å². The highest BCUT2D eigenvalue weighted by Crippen LogP contribution is 2.24. The lowest BCUT2D eigenvalue weighted by atomic mass is 10.1. The summed E-state index contributed by atoms with van der Waals surface area (Å²) in [6.45, 7) is 0.530. The van der Waals surface area contributed by atoms with Gasteiger partial charge in [0.15, 0.2) is 0 Å². The summed E-state index contributed by atoms with van der Waals surface area (Å²) in [6.07, 6.45) is 0. The van der Waals surface area contributed by atoms with Crippen molar-refractivity contribution in [3.05, 3.63) is 63.4 Å². The van der Waals surface area contributed by atoms with Gasteiger partial charge in [-0.25, -0.2) is 4.39 Å². The number of hydrogen-bond donors (Lipinski definition) is 1. The zero-order valence-electron chi connectivity index (χ0n) is 10.6. The minimum Gasteiger partial charge on any atom is -0.489 e. The van der Waals surface area contributed by atoms with Gasteiger partial charge in [-0.15, -0.1) is 0 Å². The van der Waals surface area contributed by atoms with Crippen LogP contribution >= 0.6 is 15.9 Å². The van der Waals surface area contributed by atoms with Crippen LogP contribution in [0.3, 0.4) is 0 Å². The Morgan fingerprint density at radius 2 is 2.05 bits per heavy atom. The van der Waals surface area contributed by atoms with Crippen LogP contribution in [0.2, 0.25) is 0 Å². The number of nitrogens with zero attached hydrogens (tertiary/aromatic N) is 1. The number of halogens is 2. The maximum Gasteiger partial charge on any atom is 0.124 e. The van der Waals surface area contributed by atoms with Crippen LogP contribution in [0.1, 0.15) is 16.7 Å². The number of nitrogens with two attached hydrogens (primary N) is 1. The zero-order chi connectivity index (χ0) is 14.5. The number of rotatable bonds is 4. The summed E-state index contributed by atoms with van der Waals surface area (Å²) in [5.74, 6) is 0.205. The average molecular weight is 335 g/mol. The van der Waals surface area contributed by atoms with Crippen LogP contribution in [0.25, 0.3) is 0 Å². The number of benzene rings is 2. The molecule has 0 unspecified atom stereocenters. The molecule has 0 aliphatic heterocycles. The zero-order valence-corrected chi connectivity index (χ0v) is 12.2. The molecule has 3 nitrogen and oxygen atoms in total. The predicted octanol–water partition coefficient (Wildman–Crippen LogP) is 3.50. The summed E-state index contributed by atoms with van der Waals surface area (Å²) >= 11 is 3.36. The van der Waals surface area contributed by atoms with Crippen molar-refractivity contribution < 1.29 is 9.13 Å². The second-order valence-electron chi connectivity index (χ2n) is 4.20. The molecule has 102 valence electrons. The normalized spacial score (nSPS) is 10.1. The standard InChI is InChI=1S/C15H12BrFN2O/c16-13-1-2-15(12(6-13)8-19)20-9-11-3-10(7-18)4-14(17)5-11/h1-6H,8-9,19H2. The van der Waals surface area contributed by atoms with Crippen LogP contribution in [0.5, 0.6) is 5.75 Å². The van der Waals surface area contributed by atoms with Crippen LogP contribution < -0.4 is 10.5 Å². The number of ether oxygens (including phenoxy) is 1. The molecule has 2 rings (SSSR count). The lowest BCUT2D eigenvalue weighted by Gasteiger charge is -2.11. The van der Waals surface area contributed by atoms with E-state index in [1.165, 1.54) is 12.1 Å². The molecule has 5 heteroatoms. The molecule has 20 heavy (non-hydrogen) atoms. The van der Waals surface area contributed by atoms with E-state index in [0.717, 1.165) is 10.0 Å². The molecule has 0 bridgehead atoms. The molecule has 0 aliphatic carbocycles. The number of hydrogen-bond acceptors (Lipinski definition) is 3. The second kappa shape index (κ2) is 6.51. The fourth-order valence-electron chi connectivity index (χ4n) is 1.81. The van der Waals surface area contributed by atoms with Gasteiger partial charge in [-0.2, -0.15) is 5.26 Å². The van der Waals surface area contributed by atoms with Crippen LogP contribution in [0.15, 0.2) is 40.9 Å². The van der Waals surface area contributed by atoms with E-state index in [4.69, 9.17) is 15.7 Å². The van der Waals surface area contributed by atoms with Gasteiger partial charge in [0, 0.05) is 16.6 Å². The average Bonchev–Trinajstić information content (AvgIpc) is 2.45. The first-order valence-corrected chi connectivity index (χ1v) is 6.72. The molecule has 0 aliphatic rings. The minimum atomic E-state index is -0.447. The molecule has 0 amide bonds. The number of nitriles is 1. The Labute approximate surface area is 124 Å². The predicted molar refractivity (Wildman–Crippen MR) is 77.5 cm³/mol. The quantitative estimate of drug-likeness (QED) is 0.930. The third-order valence-corrected chi connectivity index (χ3v) is 3.22. The summed E-state index contributed by atoms with van der Waals surface area (Å²) in [4.78, 5) is 0. The molecule has 0 atom stereocenters. The Bertz CT molecular complexity index is 667. The highest BCUT2D eigenvalue weighted by Gasteiger charge is 2.05. The summed E-state index contributed by atoms with van der Waals surface area (Å²) < 4.78 is 19.9. The van der Waals surface area contributed by atoms with Gasteiger partial charge in [0.25, 0.3) is 0 Å². The third-order valence-electron chi connectivity index (χ3n) is 2.72. The second-order valence-corrected chi connectivity index (χ2v) is 5.12. The Kier molecular flexibility index (Phi) is 4.72. The molecule has 0 fully saturated rings. The van der Waals surface area contributed by atoms with Gasteiger partial charge in [0.05, 0.1) is 11.6 Å². The Balaban J connectivity index is 2.17. The van der Waals surface area contributed by atoms with Crippen molar-refractivity contribution in [3.8, 4) is 11.8 Å². The van der Waals surface area contributed by atoms with E-state index in [1.807, 2.05) is 18.2 Å². The highest BCUT2D eigenvalue weighted by molar-refractivity contribution is 9.10. The van der Waals surface area contributed by atoms with E-state index in [1.54, 1.807) is 12.1 Å². The molecule has 0 saturated heterocycles. The van der Waals surface area contributed by atoms with Gasteiger partial charge >= 0.3 is 0 Å². The summed E-state index contributed by atoms with van der Waals surface area (Å²) in [7, 11) is 0. The van der Waals surface area contributed by atoms with Gasteiger partial charge in [-0.1, -0.05) is 15.9 Å². The lowest BCUT2D eigenvalue weighted by molar-refractivity contribution is 0.302. The Morgan fingerprint density at radius 3 is 2.75 bits per heavy atom. The first kappa shape index (κ1) is 14.5. The molecule has 2 N–H and O–H groups in total. The Hall–Kier alpha value is -1.90. The third kappa shape index (κ3) is 3.56. The van der Waals surface area contributed by atoms with Crippen LogP contribution in [-0.2, 0) is 13.2 Å². The SMILES string of the molecule is N#Cc1cc(F)cc(COc2ccc(Br)cc2CN)c1. The van der Waals surface area contributed by atoms with Gasteiger partial charge < -0.3 is 10.5 Å². The van der Waals surface area contributed by atoms with Crippen molar-refractivity contribution in [1.29, 1.82) is 5.26 Å². The van der Waals surface area contributed by atoms with Gasteiger partial charge in [0.2, 0.25) is 0 Å². The van der Waals surface area contributed by atoms with E-state index >= 15 is 0 Å². The largest absolute Gasteiger partial charge is 0.489 e. The molecule has 0 heterocycles. The summed E-state index contributed by atoms with van der Waals surface area (Å²) in [5, 5.41) is 8.81. The van der Waals surface area contributed by atoms with E-state index in [0.29, 0.717) is 17.9 Å². The van der Waals surface area contributed by atoms with E-state index in [-0.39, 0.29) is 12.2 Å². The molecular weight excluding hydrogens is 323 g/mol. The molecular formula is C15H12BrFN2O. The van der Waals surface area contributed by atoms with Crippen molar-refractivity contribution in [3.63, 3.8) is 0 Å².